The fourth-order valence-electron chi connectivity index (χ4n) is 1.65. The van der Waals surface area contributed by atoms with Gasteiger partial charge in [0.05, 0.1) is 0 Å². The molecule has 1 aromatic rings. The average molecular weight is 235 g/mol. The third kappa shape index (κ3) is 6.27. The van der Waals surface area contributed by atoms with E-state index in [-0.39, 0.29) is 0 Å². The van der Waals surface area contributed by atoms with E-state index in [1.54, 1.807) is 0 Å². The summed E-state index contributed by atoms with van der Waals surface area (Å²) in [4.78, 5) is 6.58. The quantitative estimate of drug-likeness (QED) is 0.850. The van der Waals surface area contributed by atoms with E-state index in [9.17, 15) is 0 Å². The number of nitrogens with zero attached hydrogens (tertiary/aromatic N) is 2. The molecule has 0 aromatic carbocycles. The van der Waals surface area contributed by atoms with Crippen LogP contribution >= 0.6 is 0 Å². The summed E-state index contributed by atoms with van der Waals surface area (Å²) < 4.78 is 0. The van der Waals surface area contributed by atoms with Crippen LogP contribution in [-0.2, 0) is 6.42 Å². The molecule has 1 N–H and O–H groups in total. The molecule has 0 amide bonds. The minimum atomic E-state index is 0.321. The molecule has 0 saturated carbocycles. The van der Waals surface area contributed by atoms with E-state index < -0.39 is 0 Å². The maximum Gasteiger partial charge on any atom is 0.125 e. The van der Waals surface area contributed by atoms with Crippen molar-refractivity contribution in [2.24, 2.45) is 5.41 Å². The van der Waals surface area contributed by atoms with Crippen molar-refractivity contribution < 1.29 is 0 Å². The lowest BCUT2D eigenvalue weighted by atomic mass is 9.89. The van der Waals surface area contributed by atoms with E-state index in [2.05, 4.69) is 62.2 Å². The lowest BCUT2D eigenvalue weighted by Crippen LogP contribution is -2.21. The summed E-state index contributed by atoms with van der Waals surface area (Å²) in [7, 11) is 4.14. The Morgan fingerprint density at radius 2 is 1.94 bits per heavy atom. The van der Waals surface area contributed by atoms with Crippen LogP contribution in [0.1, 0.15) is 26.3 Å². The molecular formula is C14H25N3. The van der Waals surface area contributed by atoms with Gasteiger partial charge in [-0.15, -0.1) is 0 Å². The topological polar surface area (TPSA) is 28.2 Å². The van der Waals surface area contributed by atoms with Gasteiger partial charge in [-0.2, -0.15) is 0 Å². The maximum atomic E-state index is 4.43. The van der Waals surface area contributed by atoms with Gasteiger partial charge in [0.15, 0.2) is 0 Å². The first-order valence-electron chi connectivity index (χ1n) is 6.20. The van der Waals surface area contributed by atoms with Gasteiger partial charge in [0, 0.05) is 19.3 Å². The summed E-state index contributed by atoms with van der Waals surface area (Å²) in [5, 5.41) is 3.31. The van der Waals surface area contributed by atoms with Crippen LogP contribution < -0.4 is 5.32 Å². The Morgan fingerprint density at radius 3 is 2.41 bits per heavy atom. The first-order chi connectivity index (χ1) is 7.87. The smallest absolute Gasteiger partial charge is 0.125 e. The van der Waals surface area contributed by atoms with Gasteiger partial charge < -0.3 is 10.2 Å². The van der Waals surface area contributed by atoms with Gasteiger partial charge in [-0.1, -0.05) is 26.8 Å². The number of likely N-dealkylation sites (N-methyl/N-ethyl adjacent to an activating group) is 1. The normalized spacial score (nSPS) is 11.9. The highest BCUT2D eigenvalue weighted by Gasteiger charge is 2.11. The summed E-state index contributed by atoms with van der Waals surface area (Å²) in [6.45, 7) is 8.69. The zero-order chi connectivity index (χ0) is 12.9. The molecule has 0 radical (unpaired) electrons. The number of hydrogen-bond acceptors (Lipinski definition) is 3. The lowest BCUT2D eigenvalue weighted by Gasteiger charge is -2.18. The molecule has 96 valence electrons. The zero-order valence-corrected chi connectivity index (χ0v) is 11.7. The second kappa shape index (κ2) is 6.01. The minimum absolute atomic E-state index is 0.321. The number of anilines is 1. The van der Waals surface area contributed by atoms with E-state index in [0.717, 1.165) is 25.3 Å². The number of aromatic nitrogens is 1. The summed E-state index contributed by atoms with van der Waals surface area (Å²) in [6.07, 6.45) is 3.04. The van der Waals surface area contributed by atoms with Crippen LogP contribution in [0.15, 0.2) is 18.3 Å². The number of rotatable bonds is 5. The molecule has 0 fully saturated rings. The van der Waals surface area contributed by atoms with Gasteiger partial charge in [0.2, 0.25) is 0 Å². The molecule has 0 saturated heterocycles. The maximum absolute atomic E-state index is 4.43. The monoisotopic (exact) mass is 235 g/mol. The van der Waals surface area contributed by atoms with E-state index in [0.29, 0.717) is 5.41 Å². The Labute approximate surface area is 105 Å². The molecular weight excluding hydrogens is 210 g/mol. The zero-order valence-electron chi connectivity index (χ0n) is 11.7. The third-order valence-corrected chi connectivity index (χ3v) is 2.42. The van der Waals surface area contributed by atoms with Gasteiger partial charge >= 0.3 is 0 Å². The fourth-order valence-corrected chi connectivity index (χ4v) is 1.65. The second-order valence-corrected chi connectivity index (χ2v) is 6.02. The first kappa shape index (κ1) is 14.0. The molecule has 0 bridgehead atoms. The molecule has 3 nitrogen and oxygen atoms in total. The van der Waals surface area contributed by atoms with Crippen molar-refractivity contribution in [3.05, 3.63) is 23.9 Å². The molecule has 0 atom stereocenters. The molecule has 17 heavy (non-hydrogen) atoms. The minimum Gasteiger partial charge on any atom is -0.369 e. The van der Waals surface area contributed by atoms with Crippen molar-refractivity contribution in [3.8, 4) is 0 Å². The van der Waals surface area contributed by atoms with Gasteiger partial charge in [0.1, 0.15) is 5.82 Å². The van der Waals surface area contributed by atoms with E-state index >= 15 is 0 Å². The molecule has 0 aliphatic rings. The Morgan fingerprint density at radius 1 is 1.24 bits per heavy atom. The van der Waals surface area contributed by atoms with Crippen molar-refractivity contribution in [3.63, 3.8) is 0 Å². The highest BCUT2D eigenvalue weighted by molar-refractivity contribution is 5.35. The summed E-state index contributed by atoms with van der Waals surface area (Å²) in [6, 6.07) is 4.23. The van der Waals surface area contributed by atoms with Gasteiger partial charge in [-0.25, -0.2) is 4.98 Å². The number of hydrogen-bond donors (Lipinski definition) is 1. The van der Waals surface area contributed by atoms with Crippen LogP contribution in [0.25, 0.3) is 0 Å². The third-order valence-electron chi connectivity index (χ3n) is 2.42. The Kier molecular flexibility index (Phi) is 4.94. The molecule has 1 heterocycles. The van der Waals surface area contributed by atoms with Crippen LogP contribution in [-0.4, -0.2) is 37.1 Å². The van der Waals surface area contributed by atoms with Crippen LogP contribution in [0, 0.1) is 5.41 Å². The number of nitrogens with one attached hydrogen (secondary N) is 1. The van der Waals surface area contributed by atoms with Gasteiger partial charge in [-0.05, 0) is 37.6 Å². The Balaban J connectivity index is 2.45. The molecule has 0 unspecified atom stereocenters. The van der Waals surface area contributed by atoms with Crippen molar-refractivity contribution in [1.29, 1.82) is 0 Å². The van der Waals surface area contributed by atoms with Crippen molar-refractivity contribution in [2.45, 2.75) is 27.2 Å². The molecule has 0 spiro atoms. The largest absolute Gasteiger partial charge is 0.369 e. The summed E-state index contributed by atoms with van der Waals surface area (Å²) >= 11 is 0. The van der Waals surface area contributed by atoms with Crippen LogP contribution in [0.5, 0.6) is 0 Å². The van der Waals surface area contributed by atoms with Gasteiger partial charge in [0.25, 0.3) is 0 Å². The molecule has 1 aromatic heterocycles. The predicted octanol–water partition coefficient (Wildman–Crippen LogP) is 2.64. The lowest BCUT2D eigenvalue weighted by molar-refractivity contribution is 0.410. The van der Waals surface area contributed by atoms with Crippen molar-refractivity contribution in [1.82, 2.24) is 9.88 Å². The van der Waals surface area contributed by atoms with Gasteiger partial charge in [-0.3, -0.25) is 0 Å². The SMILES string of the molecule is CN(C)CCNc1ccc(CC(C)(C)C)cn1. The molecule has 0 aliphatic heterocycles. The predicted molar refractivity (Wildman–Crippen MR) is 74.4 cm³/mol. The van der Waals surface area contributed by atoms with Crippen LogP contribution in [0.2, 0.25) is 0 Å². The van der Waals surface area contributed by atoms with E-state index in [1.807, 2.05) is 6.20 Å². The Hall–Kier alpha value is -1.09. The highest BCUT2D eigenvalue weighted by atomic mass is 15.1. The fraction of sp³-hybridized carbons (Fsp3) is 0.643. The van der Waals surface area contributed by atoms with Crippen molar-refractivity contribution >= 4 is 5.82 Å². The first-order valence-corrected chi connectivity index (χ1v) is 6.20. The summed E-state index contributed by atoms with van der Waals surface area (Å²) in [5.41, 5.74) is 1.62. The molecule has 3 heteroatoms. The molecule has 0 aliphatic carbocycles. The number of pyridine rings is 1. The summed E-state index contributed by atoms with van der Waals surface area (Å²) in [5.74, 6) is 0.963. The standard InChI is InChI=1S/C14H25N3/c1-14(2,3)10-12-6-7-13(16-11-12)15-8-9-17(4)5/h6-7,11H,8-10H2,1-5H3,(H,15,16). The molecule has 1 rings (SSSR count). The Bertz CT molecular complexity index is 322. The van der Waals surface area contributed by atoms with E-state index in [4.69, 9.17) is 0 Å². The van der Waals surface area contributed by atoms with E-state index in [1.165, 1.54) is 5.56 Å². The average Bonchev–Trinajstić information content (AvgIpc) is 2.18. The van der Waals surface area contributed by atoms with Crippen molar-refractivity contribution in [2.75, 3.05) is 32.5 Å². The highest BCUT2D eigenvalue weighted by Crippen LogP contribution is 2.20. The van der Waals surface area contributed by atoms with Crippen LogP contribution in [0.4, 0.5) is 5.82 Å². The second-order valence-electron chi connectivity index (χ2n) is 6.02. The van der Waals surface area contributed by atoms with Crippen LogP contribution in [0.3, 0.4) is 0 Å².